The summed E-state index contributed by atoms with van der Waals surface area (Å²) in [6, 6.07) is 13.3. The highest BCUT2D eigenvalue weighted by Gasteiger charge is 2.52. The molecule has 1 aromatic heterocycles. The van der Waals surface area contributed by atoms with Crippen LogP contribution < -0.4 is 4.74 Å². The van der Waals surface area contributed by atoms with Gasteiger partial charge in [-0.15, -0.1) is 0 Å². The Kier molecular flexibility index (Phi) is 11.2. The smallest absolute Gasteiger partial charge is 0.232 e. The lowest BCUT2D eigenvalue weighted by Gasteiger charge is -2.58. The van der Waals surface area contributed by atoms with Gasteiger partial charge in [-0.25, -0.2) is 13.4 Å². The van der Waals surface area contributed by atoms with Crippen LogP contribution in [0, 0.1) is 11.3 Å². The summed E-state index contributed by atoms with van der Waals surface area (Å²) in [4.78, 5) is 18.1. The molecular weight excluding hydrogens is 645 g/mol. The fraction of sp³-hybridized carbons (Fsp3) is 0.543. The number of hydrogen-bond donors (Lipinski definition) is 0. The molecule has 1 unspecified atom stereocenters. The van der Waals surface area contributed by atoms with Crippen LogP contribution in [0.15, 0.2) is 54.9 Å². The third kappa shape index (κ3) is 8.34. The van der Waals surface area contributed by atoms with Crippen LogP contribution in [-0.4, -0.2) is 72.3 Å². The molecule has 3 saturated heterocycles. The summed E-state index contributed by atoms with van der Waals surface area (Å²) < 4.78 is 35.9. The summed E-state index contributed by atoms with van der Waals surface area (Å²) in [5, 5.41) is 1.14. The van der Waals surface area contributed by atoms with E-state index in [-0.39, 0.29) is 11.7 Å². The molecule has 7 rings (SSSR count). The average Bonchev–Trinajstić information content (AvgIpc) is 3.53. The molecule has 0 N–H and O–H groups in total. The van der Waals surface area contributed by atoms with Crippen LogP contribution >= 0.6 is 23.2 Å². The van der Waals surface area contributed by atoms with Crippen LogP contribution in [0.25, 0.3) is 0 Å². The molecule has 11 heteroatoms. The van der Waals surface area contributed by atoms with E-state index in [1.165, 1.54) is 75.5 Å². The number of carbonyl (C=O) groups excluding carboxylic acids is 1. The first-order valence-corrected chi connectivity index (χ1v) is 18.9. The molecule has 1 aliphatic carbocycles. The summed E-state index contributed by atoms with van der Waals surface area (Å²) in [5.74, 6) is 2.00. The van der Waals surface area contributed by atoms with Gasteiger partial charge < -0.3 is 18.3 Å². The van der Waals surface area contributed by atoms with Gasteiger partial charge in [-0.1, -0.05) is 60.7 Å². The van der Waals surface area contributed by atoms with Crippen molar-refractivity contribution in [1.29, 1.82) is 0 Å². The first-order chi connectivity index (χ1) is 21.9. The Bertz CT molecular complexity index is 1590. The first kappa shape index (κ1) is 34.9. The van der Waals surface area contributed by atoms with E-state index in [1.54, 1.807) is 19.4 Å². The van der Waals surface area contributed by atoms with Crippen LogP contribution in [0.5, 0.6) is 5.75 Å². The number of fused-ring (bicyclic) bond motifs is 3. The maximum atomic E-state index is 13.6. The molecule has 3 aliphatic heterocycles. The van der Waals surface area contributed by atoms with Crippen molar-refractivity contribution in [2.75, 3.05) is 39.5 Å². The number of piperidine rings is 3. The van der Waals surface area contributed by atoms with Gasteiger partial charge in [-0.05, 0) is 54.0 Å². The Morgan fingerprint density at radius 3 is 2.35 bits per heavy atom. The monoisotopic (exact) mass is 689 g/mol. The number of rotatable bonds is 10. The number of benzene rings is 2. The lowest BCUT2D eigenvalue weighted by molar-refractivity contribution is -0.946. The zero-order valence-corrected chi connectivity index (χ0v) is 29.1. The molecule has 8 nitrogen and oxygen atoms in total. The van der Waals surface area contributed by atoms with Gasteiger partial charge in [-0.2, -0.15) is 0 Å². The van der Waals surface area contributed by atoms with Crippen molar-refractivity contribution in [3.63, 3.8) is 0 Å². The van der Waals surface area contributed by atoms with Crippen LogP contribution in [0.1, 0.15) is 85.5 Å². The lowest BCUT2D eigenvalue weighted by Crippen LogP contribution is -2.63. The maximum absolute atomic E-state index is 13.6. The van der Waals surface area contributed by atoms with E-state index < -0.39 is 10.1 Å². The van der Waals surface area contributed by atoms with Gasteiger partial charge in [0, 0.05) is 56.8 Å². The minimum absolute atomic E-state index is 0.131. The molecular formula is C35H45Cl2N3O5S. The van der Waals surface area contributed by atoms with E-state index in [4.69, 9.17) is 40.9 Å². The van der Waals surface area contributed by atoms with Crippen molar-refractivity contribution in [1.82, 2.24) is 9.55 Å². The minimum atomic E-state index is -3.92. The van der Waals surface area contributed by atoms with E-state index in [0.29, 0.717) is 45.4 Å². The van der Waals surface area contributed by atoms with Gasteiger partial charge in [0.05, 0.1) is 59.0 Å². The predicted molar refractivity (Wildman–Crippen MR) is 181 cm³/mol. The van der Waals surface area contributed by atoms with Crippen LogP contribution in [0.2, 0.25) is 10.0 Å². The van der Waals surface area contributed by atoms with Gasteiger partial charge in [-0.3, -0.25) is 4.79 Å². The van der Waals surface area contributed by atoms with Crippen molar-refractivity contribution in [3.05, 3.63) is 81.9 Å². The van der Waals surface area contributed by atoms with E-state index in [1.807, 2.05) is 41.1 Å². The van der Waals surface area contributed by atoms with Crippen molar-refractivity contribution >= 4 is 39.1 Å². The topological polar surface area (TPSA) is 101 Å². The van der Waals surface area contributed by atoms with Crippen molar-refractivity contribution < 1.29 is 27.0 Å². The van der Waals surface area contributed by atoms with Crippen molar-refractivity contribution in [3.8, 4) is 5.75 Å². The Morgan fingerprint density at radius 1 is 1.07 bits per heavy atom. The number of quaternary nitrogens is 1. The van der Waals surface area contributed by atoms with Crippen LogP contribution in [0.4, 0.5) is 0 Å². The van der Waals surface area contributed by atoms with E-state index in [0.717, 1.165) is 24.4 Å². The molecule has 0 radical (unpaired) electrons. The summed E-state index contributed by atoms with van der Waals surface area (Å²) in [6.45, 7) is 5.74. The van der Waals surface area contributed by atoms with Gasteiger partial charge >= 0.3 is 0 Å². The average molecular weight is 691 g/mol. The number of halogens is 2. The quantitative estimate of drug-likeness (QED) is 0.125. The molecule has 0 spiro atoms. The van der Waals surface area contributed by atoms with Gasteiger partial charge in [0.1, 0.15) is 5.75 Å². The molecule has 2 bridgehead atoms. The molecule has 0 amide bonds. The second-order valence-corrected chi connectivity index (χ2v) is 15.7. The number of imidazole rings is 1. The van der Waals surface area contributed by atoms with Crippen molar-refractivity contribution in [2.45, 2.75) is 70.3 Å². The number of methoxy groups -OCH3 is 1. The van der Waals surface area contributed by atoms with E-state index in [9.17, 15) is 4.79 Å². The normalized spacial score (nSPS) is 23.8. The fourth-order valence-corrected chi connectivity index (χ4v) is 8.47. The number of hydrogen-bond acceptors (Lipinski definition) is 6. The third-order valence-corrected chi connectivity index (χ3v) is 11.5. The third-order valence-electron chi connectivity index (χ3n) is 10.8. The standard InChI is InChI=1S/C34H42Cl2N3O2.CH4O3S/c1-41-31-10-6-5-9-28(31)32(40)33-37-17-18-38(33)24-26(25-11-12-29(35)30(36)23-25)13-19-39-20-14-34(15-21-39,16-22-39)27-7-3-2-4-8-27;1-5(2,3)4/h5-6,9-12,17-18,23,26-27H,2-4,7-8,13-16,19-22,24H2,1H3;1H3,(H,2,3,4)/q+1;/p-1. The lowest BCUT2D eigenvalue weighted by atomic mass is 9.59. The molecule has 250 valence electrons. The minimum Gasteiger partial charge on any atom is -0.748 e. The summed E-state index contributed by atoms with van der Waals surface area (Å²) in [5.41, 5.74) is 2.30. The van der Waals surface area contributed by atoms with E-state index >= 15 is 0 Å². The molecule has 4 fully saturated rings. The largest absolute Gasteiger partial charge is 0.748 e. The van der Waals surface area contributed by atoms with Crippen LogP contribution in [0.3, 0.4) is 0 Å². The Labute approximate surface area is 283 Å². The summed E-state index contributed by atoms with van der Waals surface area (Å²) >= 11 is 12.8. The Balaban J connectivity index is 0.000000775. The molecule has 4 aliphatic rings. The maximum Gasteiger partial charge on any atom is 0.232 e. The van der Waals surface area contributed by atoms with Gasteiger partial charge in [0.25, 0.3) is 0 Å². The van der Waals surface area contributed by atoms with E-state index in [2.05, 4.69) is 11.1 Å². The Hall–Kier alpha value is -2.43. The fourth-order valence-electron chi connectivity index (χ4n) is 8.17. The highest BCUT2D eigenvalue weighted by atomic mass is 35.5. The van der Waals surface area contributed by atoms with Crippen molar-refractivity contribution in [2.24, 2.45) is 11.3 Å². The van der Waals surface area contributed by atoms with Gasteiger partial charge in [0.15, 0.2) is 5.82 Å². The Morgan fingerprint density at radius 2 is 1.72 bits per heavy atom. The molecule has 46 heavy (non-hydrogen) atoms. The number of para-hydroxylation sites is 1. The molecule has 4 heterocycles. The SMILES string of the molecule is COc1ccccc1C(=O)c1nccn1CC(CC[N+]12CCC(C3CCCCC3)(CC1)CC2)c1ccc(Cl)c(Cl)c1.CS(=O)(=O)[O-]. The number of nitrogens with zero attached hydrogens (tertiary/aromatic N) is 3. The molecule has 1 atom stereocenters. The van der Waals surface area contributed by atoms with Crippen LogP contribution in [-0.2, 0) is 16.7 Å². The second kappa shape index (κ2) is 14.8. The number of ether oxygens (including phenoxy) is 1. The number of carbonyl (C=O) groups is 1. The molecule has 2 aromatic carbocycles. The first-order valence-electron chi connectivity index (χ1n) is 16.3. The second-order valence-electron chi connectivity index (χ2n) is 13.5. The number of ketones is 1. The zero-order valence-electron chi connectivity index (χ0n) is 26.8. The van der Waals surface area contributed by atoms with Gasteiger partial charge in [0.2, 0.25) is 5.78 Å². The zero-order chi connectivity index (χ0) is 33.0. The molecule has 3 aromatic rings. The summed E-state index contributed by atoms with van der Waals surface area (Å²) in [7, 11) is -2.33. The highest BCUT2D eigenvalue weighted by molar-refractivity contribution is 7.84. The predicted octanol–water partition coefficient (Wildman–Crippen LogP) is 7.35. The highest BCUT2D eigenvalue weighted by Crippen LogP contribution is 2.53. The number of aromatic nitrogens is 2. The summed E-state index contributed by atoms with van der Waals surface area (Å²) in [6.07, 6.45) is 16.7. The molecule has 1 saturated carbocycles.